The number of ether oxygens (including phenoxy) is 1. The van der Waals surface area contributed by atoms with Crippen LogP contribution in [0.4, 0.5) is 0 Å². The summed E-state index contributed by atoms with van der Waals surface area (Å²) in [6.45, 7) is 3.75. The van der Waals surface area contributed by atoms with E-state index in [0.29, 0.717) is 19.4 Å². The van der Waals surface area contributed by atoms with Gasteiger partial charge < -0.3 is 9.84 Å². The Morgan fingerprint density at radius 3 is 2.64 bits per heavy atom. The van der Waals surface area contributed by atoms with Crippen molar-refractivity contribution in [2.75, 3.05) is 13.2 Å². The van der Waals surface area contributed by atoms with Gasteiger partial charge in [-0.05, 0) is 12.8 Å². The van der Waals surface area contributed by atoms with E-state index in [1.54, 1.807) is 0 Å². The molecule has 11 heavy (non-hydrogen) atoms. The maximum absolute atomic E-state index is 10.4. The minimum Gasteiger partial charge on any atom is -0.463 e. The van der Waals surface area contributed by atoms with Crippen LogP contribution in [0.3, 0.4) is 0 Å². The van der Waals surface area contributed by atoms with Gasteiger partial charge in [-0.3, -0.25) is 0 Å². The first-order valence-corrected chi connectivity index (χ1v) is 3.21. The molecule has 0 rings (SSSR count). The van der Waals surface area contributed by atoms with Gasteiger partial charge in [0.25, 0.3) is 0 Å². The van der Waals surface area contributed by atoms with E-state index in [-0.39, 0.29) is 36.2 Å². The first-order valence-electron chi connectivity index (χ1n) is 3.21. The maximum atomic E-state index is 10.4. The first-order chi connectivity index (χ1) is 4.81. The Kier molecular flexibility index (Phi) is 12.7. The summed E-state index contributed by atoms with van der Waals surface area (Å²) in [4.78, 5) is 10.4. The molecule has 59 valence electrons. The van der Waals surface area contributed by atoms with E-state index in [1.165, 1.54) is 0 Å². The second-order valence-corrected chi connectivity index (χ2v) is 1.80. The predicted octanol–water partition coefficient (Wildman–Crippen LogP) is 0.107. The normalized spacial score (nSPS) is 8.09. The monoisotopic (exact) mass is 167 g/mol. The summed E-state index contributed by atoms with van der Waals surface area (Å²) in [5, 5.41) is 8.33. The van der Waals surface area contributed by atoms with Crippen LogP contribution in [-0.2, 0) is 9.53 Å². The predicted molar refractivity (Wildman–Crippen MR) is 43.2 cm³/mol. The van der Waals surface area contributed by atoms with Crippen molar-refractivity contribution in [2.24, 2.45) is 0 Å². The van der Waals surface area contributed by atoms with Gasteiger partial charge in [-0.25, -0.2) is 4.79 Å². The zero-order valence-electron chi connectivity index (χ0n) is 6.88. The van der Waals surface area contributed by atoms with Crippen molar-refractivity contribution in [2.45, 2.75) is 12.8 Å². The fraction of sp³-hybridized carbons (Fsp3) is 0.571. The van der Waals surface area contributed by atoms with E-state index in [9.17, 15) is 4.79 Å². The zero-order valence-corrected chi connectivity index (χ0v) is 8.88. The molecule has 0 amide bonds. The smallest absolute Gasteiger partial charge is 0.330 e. The van der Waals surface area contributed by atoms with E-state index >= 15 is 0 Å². The van der Waals surface area contributed by atoms with E-state index in [0.717, 1.165) is 6.08 Å². The van der Waals surface area contributed by atoms with Crippen molar-refractivity contribution in [1.82, 2.24) is 0 Å². The van der Waals surface area contributed by atoms with Gasteiger partial charge in [0.1, 0.15) is 0 Å². The van der Waals surface area contributed by atoms with Crippen LogP contribution in [-0.4, -0.2) is 53.8 Å². The largest absolute Gasteiger partial charge is 0.463 e. The fourth-order valence-corrected chi connectivity index (χ4v) is 0.446. The minimum absolute atomic E-state index is 0. The Morgan fingerprint density at radius 1 is 1.55 bits per heavy atom. The number of rotatable bonds is 5. The quantitative estimate of drug-likeness (QED) is 0.273. The molecule has 1 radical (unpaired) electrons. The Bertz CT molecular complexity index is 114. The molecule has 0 aliphatic rings. The number of esters is 1. The van der Waals surface area contributed by atoms with Gasteiger partial charge in [-0.1, -0.05) is 6.58 Å². The average molecular weight is 167 g/mol. The van der Waals surface area contributed by atoms with Crippen molar-refractivity contribution in [3.05, 3.63) is 12.7 Å². The second-order valence-electron chi connectivity index (χ2n) is 1.80. The Balaban J connectivity index is 0. The number of hydrogen-bond acceptors (Lipinski definition) is 3. The van der Waals surface area contributed by atoms with Gasteiger partial charge >= 0.3 is 5.97 Å². The summed E-state index contributed by atoms with van der Waals surface area (Å²) in [6.07, 6.45) is 2.50. The van der Waals surface area contributed by atoms with Crippen LogP contribution in [0.15, 0.2) is 12.7 Å². The molecule has 3 nitrogen and oxygen atoms in total. The third-order valence-electron chi connectivity index (χ3n) is 0.963. The van der Waals surface area contributed by atoms with Gasteiger partial charge in [0.05, 0.1) is 6.61 Å². The molecule has 0 aliphatic heterocycles. The van der Waals surface area contributed by atoms with Crippen LogP contribution in [0.2, 0.25) is 0 Å². The molecule has 0 aromatic carbocycles. The molecule has 0 aromatic heterocycles. The molecule has 0 fully saturated rings. The van der Waals surface area contributed by atoms with Crippen LogP contribution >= 0.6 is 0 Å². The molecule has 0 unspecified atom stereocenters. The molecule has 0 atom stereocenters. The molecule has 0 heterocycles. The van der Waals surface area contributed by atoms with Gasteiger partial charge in [0.2, 0.25) is 0 Å². The van der Waals surface area contributed by atoms with Crippen LogP contribution in [0.5, 0.6) is 0 Å². The number of carbonyl (C=O) groups excluding carboxylic acids is 1. The number of aliphatic hydroxyl groups excluding tert-OH is 1. The van der Waals surface area contributed by atoms with Crippen molar-refractivity contribution in [3.63, 3.8) is 0 Å². The number of unbranched alkanes of at least 4 members (excludes halogenated alkanes) is 1. The Labute approximate surface area is 88.7 Å². The van der Waals surface area contributed by atoms with Gasteiger partial charge in [-0.15, -0.1) is 0 Å². The van der Waals surface area contributed by atoms with Crippen molar-refractivity contribution in [3.8, 4) is 0 Å². The van der Waals surface area contributed by atoms with Gasteiger partial charge in [-0.2, -0.15) is 0 Å². The van der Waals surface area contributed by atoms with Gasteiger partial charge in [0.15, 0.2) is 0 Å². The van der Waals surface area contributed by atoms with E-state index in [4.69, 9.17) is 5.11 Å². The topological polar surface area (TPSA) is 46.5 Å². The number of carbonyl (C=O) groups is 1. The summed E-state index contributed by atoms with van der Waals surface area (Å²) in [5.74, 6) is -0.405. The van der Waals surface area contributed by atoms with Gasteiger partial charge in [0, 0.05) is 42.2 Å². The molecule has 0 aliphatic carbocycles. The third kappa shape index (κ3) is 10.2. The summed E-state index contributed by atoms with van der Waals surface area (Å²) in [6, 6.07) is 0. The van der Waals surface area contributed by atoms with E-state index in [1.807, 2.05) is 0 Å². The first kappa shape index (κ1) is 13.7. The molecule has 0 aromatic rings. The van der Waals surface area contributed by atoms with Crippen LogP contribution in [0.1, 0.15) is 12.8 Å². The second kappa shape index (κ2) is 10.2. The number of hydrogen-bond donors (Lipinski definition) is 1. The Hall–Kier alpha value is 0.170. The van der Waals surface area contributed by atoms with E-state index < -0.39 is 5.97 Å². The molecule has 0 saturated heterocycles. The average Bonchev–Trinajstić information content (AvgIpc) is 1.98. The van der Waals surface area contributed by atoms with E-state index in [2.05, 4.69) is 11.3 Å². The van der Waals surface area contributed by atoms with Crippen molar-refractivity contribution < 1.29 is 14.6 Å². The third-order valence-corrected chi connectivity index (χ3v) is 0.963. The molecule has 0 bridgehead atoms. The molecular formula is C7H12NaO3. The molecule has 4 heteroatoms. The maximum Gasteiger partial charge on any atom is 0.330 e. The molecule has 0 spiro atoms. The zero-order chi connectivity index (χ0) is 7.82. The SMILES string of the molecule is C=CC(=O)OCCCCO.[Na]. The van der Waals surface area contributed by atoms with Crippen molar-refractivity contribution in [1.29, 1.82) is 0 Å². The van der Waals surface area contributed by atoms with Crippen LogP contribution in [0.25, 0.3) is 0 Å². The minimum atomic E-state index is -0.405. The van der Waals surface area contributed by atoms with Crippen LogP contribution in [0, 0.1) is 0 Å². The molecule has 0 saturated carbocycles. The van der Waals surface area contributed by atoms with Crippen LogP contribution < -0.4 is 0 Å². The summed E-state index contributed by atoms with van der Waals surface area (Å²) < 4.78 is 4.63. The summed E-state index contributed by atoms with van der Waals surface area (Å²) >= 11 is 0. The Morgan fingerprint density at radius 2 is 2.18 bits per heavy atom. The summed E-state index contributed by atoms with van der Waals surface area (Å²) in [5.41, 5.74) is 0. The molecular weight excluding hydrogens is 155 g/mol. The summed E-state index contributed by atoms with van der Waals surface area (Å²) in [7, 11) is 0. The molecule has 1 N–H and O–H groups in total. The number of aliphatic hydroxyl groups is 1. The van der Waals surface area contributed by atoms with Crippen molar-refractivity contribution >= 4 is 35.5 Å². The standard InChI is InChI=1S/C7H12O3.Na/c1-2-7(9)10-6-4-3-5-8;/h2,8H,1,3-6H2;. The fourth-order valence-electron chi connectivity index (χ4n) is 0.446.